The number of esters is 1. The van der Waals surface area contributed by atoms with Crippen LogP contribution in [0.4, 0.5) is 0 Å². The highest BCUT2D eigenvalue weighted by atomic mass is 35.5. The first kappa shape index (κ1) is 26.9. The molecule has 7 rings (SSSR count). The van der Waals surface area contributed by atoms with Gasteiger partial charge in [0.2, 0.25) is 0 Å². The second-order valence-electron chi connectivity index (χ2n) is 11.4. The first-order chi connectivity index (χ1) is 18.1. The maximum Gasteiger partial charge on any atom is 0.331 e. The number of ether oxygens (including phenoxy) is 1. The van der Waals surface area contributed by atoms with E-state index in [9.17, 15) is 4.79 Å². The lowest BCUT2D eigenvalue weighted by molar-refractivity contribution is -0.958. The zero-order valence-electron chi connectivity index (χ0n) is 22.2. The Kier molecular flexibility index (Phi) is 7.94. The average Bonchev–Trinajstić information content (AvgIpc) is 3.42. The van der Waals surface area contributed by atoms with Crippen LogP contribution in [0, 0.1) is 5.92 Å². The van der Waals surface area contributed by atoms with Crippen molar-refractivity contribution in [1.82, 2.24) is 10.1 Å². The van der Waals surface area contributed by atoms with E-state index >= 15 is 0 Å². The van der Waals surface area contributed by atoms with Crippen LogP contribution in [-0.4, -0.2) is 59.3 Å². The predicted molar refractivity (Wildman–Crippen MR) is 142 cm³/mol. The second-order valence-corrected chi connectivity index (χ2v) is 11.4. The number of rotatable bonds is 7. The Morgan fingerprint density at radius 2 is 1.68 bits per heavy atom. The van der Waals surface area contributed by atoms with Gasteiger partial charge in [0, 0.05) is 30.4 Å². The van der Waals surface area contributed by atoms with Gasteiger partial charge < -0.3 is 26.2 Å². The Morgan fingerprint density at radius 3 is 2.37 bits per heavy atom. The Bertz CT molecular complexity index is 1200. The van der Waals surface area contributed by atoms with Gasteiger partial charge in [-0.05, 0) is 38.4 Å². The molecule has 4 fully saturated rings. The predicted octanol–water partition coefficient (Wildman–Crippen LogP) is 2.40. The summed E-state index contributed by atoms with van der Waals surface area (Å²) in [6.45, 7) is 7.83. The molecule has 3 aromatic rings. The molecule has 6 nitrogen and oxygen atoms in total. The van der Waals surface area contributed by atoms with E-state index < -0.39 is 5.54 Å². The van der Waals surface area contributed by atoms with Crippen LogP contribution < -0.4 is 12.4 Å². The molecular weight excluding hydrogens is 498 g/mol. The Hall–Kier alpha value is -2.67. The third-order valence-corrected chi connectivity index (χ3v) is 9.14. The summed E-state index contributed by atoms with van der Waals surface area (Å²) in [6.07, 6.45) is 5.62. The number of benzene rings is 2. The molecule has 2 aromatic carbocycles. The monoisotopic (exact) mass is 535 g/mol. The molecule has 1 aromatic heterocycles. The summed E-state index contributed by atoms with van der Waals surface area (Å²) in [5.41, 5.74) is 2.30. The minimum absolute atomic E-state index is 0. The fraction of sp³-hybridized carbons (Fsp3) is 0.484. The SMILES string of the molecule is C[C@@](C(=O)O[C@H]1C[N+]2(Cc3cc(-c4ccccc4)on3)CCC1CC2)(c1ccccc1)N1CCCCC1.[Cl-]. The van der Waals surface area contributed by atoms with Crippen molar-refractivity contribution in [3.05, 3.63) is 78.0 Å². The first-order valence-corrected chi connectivity index (χ1v) is 13.9. The Balaban J connectivity index is 0.00000294. The number of quaternary nitrogens is 1. The van der Waals surface area contributed by atoms with Crippen LogP contribution in [0.2, 0.25) is 0 Å². The average molecular weight is 536 g/mol. The zero-order valence-corrected chi connectivity index (χ0v) is 23.0. The molecule has 0 amide bonds. The standard InChI is InChI=1S/C31H38N3O3.ClH/c1-31(26-13-7-3-8-14-26,33-17-9-4-10-18-33)30(35)36-29-23-34(19-15-25(29)16-20-34)22-27-21-28(37-32-27)24-11-5-2-6-12-24;/h2-3,5-8,11-14,21,25,29H,4,9-10,15-20,22-23H2,1H3;1H/q+1;/p-1/t25?,29-,31-,34?;/m0./s1. The second kappa shape index (κ2) is 11.2. The highest BCUT2D eigenvalue weighted by Crippen LogP contribution is 2.40. The van der Waals surface area contributed by atoms with Gasteiger partial charge in [-0.25, -0.2) is 4.79 Å². The summed E-state index contributed by atoms with van der Waals surface area (Å²) < 4.78 is 13.1. The van der Waals surface area contributed by atoms with Crippen molar-refractivity contribution in [2.24, 2.45) is 5.92 Å². The number of hydrogen-bond donors (Lipinski definition) is 0. The van der Waals surface area contributed by atoms with Crippen LogP contribution in [-0.2, 0) is 21.6 Å². The van der Waals surface area contributed by atoms with Crippen molar-refractivity contribution in [3.8, 4) is 11.3 Å². The van der Waals surface area contributed by atoms with Gasteiger partial charge in [0.15, 0.2) is 11.9 Å². The number of halogens is 1. The third-order valence-electron chi connectivity index (χ3n) is 9.14. The van der Waals surface area contributed by atoms with Gasteiger partial charge in [0.1, 0.15) is 24.3 Å². The van der Waals surface area contributed by atoms with Crippen LogP contribution >= 0.6 is 0 Å². The third kappa shape index (κ3) is 5.14. The lowest BCUT2D eigenvalue weighted by Gasteiger charge is -2.52. The number of carbonyl (C=O) groups excluding carboxylic acids is 1. The maximum atomic E-state index is 14.0. The summed E-state index contributed by atoms with van der Waals surface area (Å²) in [5, 5.41) is 4.42. The minimum atomic E-state index is -0.755. The number of piperidine rings is 4. The van der Waals surface area contributed by atoms with Gasteiger partial charge in [0.25, 0.3) is 0 Å². The summed E-state index contributed by atoms with van der Waals surface area (Å²) in [5.74, 6) is 1.16. The molecule has 4 saturated heterocycles. The van der Waals surface area contributed by atoms with Gasteiger partial charge in [-0.1, -0.05) is 72.2 Å². The smallest absolute Gasteiger partial charge is 0.331 e. The van der Waals surface area contributed by atoms with Crippen molar-refractivity contribution in [1.29, 1.82) is 0 Å². The molecule has 202 valence electrons. The van der Waals surface area contributed by atoms with Gasteiger partial charge in [0.05, 0.1) is 13.1 Å². The van der Waals surface area contributed by atoms with Crippen molar-refractivity contribution >= 4 is 5.97 Å². The molecule has 5 heterocycles. The van der Waals surface area contributed by atoms with Crippen LogP contribution in [0.1, 0.15) is 50.3 Å². The van der Waals surface area contributed by atoms with E-state index in [1.54, 1.807) is 0 Å². The van der Waals surface area contributed by atoms with Crippen molar-refractivity contribution in [2.75, 3.05) is 32.7 Å². The molecule has 0 unspecified atom stereocenters. The van der Waals surface area contributed by atoms with Crippen molar-refractivity contribution in [3.63, 3.8) is 0 Å². The number of hydrogen-bond acceptors (Lipinski definition) is 5. The minimum Gasteiger partial charge on any atom is -1.00 e. The topological polar surface area (TPSA) is 55.6 Å². The van der Waals surface area contributed by atoms with E-state index in [0.29, 0.717) is 5.92 Å². The van der Waals surface area contributed by atoms with E-state index in [4.69, 9.17) is 9.26 Å². The highest BCUT2D eigenvalue weighted by molar-refractivity contribution is 5.82. The van der Waals surface area contributed by atoms with Crippen LogP contribution in [0.3, 0.4) is 0 Å². The molecule has 0 aliphatic carbocycles. The van der Waals surface area contributed by atoms with Gasteiger partial charge in [-0.2, -0.15) is 0 Å². The maximum absolute atomic E-state index is 14.0. The molecule has 4 aliphatic heterocycles. The summed E-state index contributed by atoms with van der Waals surface area (Å²) in [6, 6.07) is 22.4. The molecule has 7 heteroatoms. The largest absolute Gasteiger partial charge is 1.00 e. The molecule has 2 bridgehead atoms. The summed E-state index contributed by atoms with van der Waals surface area (Å²) in [7, 11) is 0. The van der Waals surface area contributed by atoms with Gasteiger partial charge in [-0.3, -0.25) is 4.90 Å². The lowest BCUT2D eigenvalue weighted by atomic mass is 9.82. The number of fused-ring (bicyclic) bond motifs is 3. The fourth-order valence-corrected chi connectivity index (χ4v) is 6.83. The molecule has 38 heavy (non-hydrogen) atoms. The van der Waals surface area contributed by atoms with E-state index in [1.165, 1.54) is 6.42 Å². The van der Waals surface area contributed by atoms with Gasteiger partial charge >= 0.3 is 5.97 Å². The van der Waals surface area contributed by atoms with Crippen molar-refractivity contribution < 1.29 is 30.9 Å². The Labute approximate surface area is 231 Å². The van der Waals surface area contributed by atoms with E-state index in [2.05, 4.69) is 35.2 Å². The molecule has 2 atom stereocenters. The van der Waals surface area contributed by atoms with Crippen molar-refractivity contribution in [2.45, 2.75) is 57.2 Å². The number of carbonyl (C=O) groups is 1. The zero-order chi connectivity index (χ0) is 25.3. The molecule has 0 spiro atoms. The lowest BCUT2D eigenvalue weighted by Crippen LogP contribution is -3.00. The van der Waals surface area contributed by atoms with Crippen LogP contribution in [0.15, 0.2) is 71.3 Å². The normalized spacial score (nSPS) is 26.8. The van der Waals surface area contributed by atoms with Gasteiger partial charge in [-0.15, -0.1) is 0 Å². The quantitative estimate of drug-likeness (QED) is 0.343. The summed E-state index contributed by atoms with van der Waals surface area (Å²) >= 11 is 0. The molecule has 4 aliphatic rings. The Morgan fingerprint density at radius 1 is 1.03 bits per heavy atom. The number of aromatic nitrogens is 1. The fourth-order valence-electron chi connectivity index (χ4n) is 6.83. The molecular formula is C31H38ClN3O3. The first-order valence-electron chi connectivity index (χ1n) is 13.9. The molecule has 0 saturated carbocycles. The highest BCUT2D eigenvalue weighted by Gasteiger charge is 2.51. The van der Waals surface area contributed by atoms with Crippen LogP contribution in [0.5, 0.6) is 0 Å². The molecule has 0 radical (unpaired) electrons. The number of nitrogens with zero attached hydrogens (tertiary/aromatic N) is 3. The molecule has 0 N–H and O–H groups in total. The van der Waals surface area contributed by atoms with Crippen LogP contribution in [0.25, 0.3) is 11.3 Å². The van der Waals surface area contributed by atoms with E-state index in [1.807, 2.05) is 48.5 Å². The number of likely N-dealkylation sites (tertiary alicyclic amines) is 1. The van der Waals surface area contributed by atoms with E-state index in [-0.39, 0.29) is 24.5 Å². The van der Waals surface area contributed by atoms with E-state index in [0.717, 1.165) is 92.0 Å². The summed E-state index contributed by atoms with van der Waals surface area (Å²) in [4.78, 5) is 16.4.